The zero-order chi connectivity index (χ0) is 11.8. The Morgan fingerprint density at radius 3 is 3.12 bits per heavy atom. The van der Waals surface area contributed by atoms with E-state index in [9.17, 15) is 0 Å². The second-order valence-electron chi connectivity index (χ2n) is 3.96. The average Bonchev–Trinajstić information content (AvgIpc) is 2.93. The molecule has 0 amide bonds. The molecule has 0 radical (unpaired) electrons. The maximum absolute atomic E-state index is 4.22. The van der Waals surface area contributed by atoms with Crippen LogP contribution in [-0.4, -0.2) is 14.5 Å². The van der Waals surface area contributed by atoms with E-state index in [0.717, 1.165) is 22.2 Å². The summed E-state index contributed by atoms with van der Waals surface area (Å²) in [5.41, 5.74) is 3.49. The molecular formula is C13H12BrN3. The maximum atomic E-state index is 4.22. The molecule has 0 aliphatic carbocycles. The quantitative estimate of drug-likeness (QED) is 0.765. The van der Waals surface area contributed by atoms with Crippen LogP contribution in [0.5, 0.6) is 0 Å². The van der Waals surface area contributed by atoms with Crippen LogP contribution in [0.1, 0.15) is 6.92 Å². The summed E-state index contributed by atoms with van der Waals surface area (Å²) in [6.45, 7) is 3.05. The van der Waals surface area contributed by atoms with Crippen LogP contribution in [0.4, 0.5) is 0 Å². The van der Waals surface area contributed by atoms with Crippen LogP contribution in [0, 0.1) is 0 Å². The fourth-order valence-electron chi connectivity index (χ4n) is 2.10. The van der Waals surface area contributed by atoms with Gasteiger partial charge in [-0.2, -0.15) is 0 Å². The summed E-state index contributed by atoms with van der Waals surface area (Å²) in [6.07, 6.45) is 5.82. The number of nitrogens with one attached hydrogen (secondary N) is 1. The van der Waals surface area contributed by atoms with Gasteiger partial charge in [0.1, 0.15) is 0 Å². The lowest BCUT2D eigenvalue weighted by Crippen LogP contribution is -1.93. The van der Waals surface area contributed by atoms with Gasteiger partial charge in [0.25, 0.3) is 0 Å². The van der Waals surface area contributed by atoms with Gasteiger partial charge in [0.2, 0.25) is 0 Å². The first kappa shape index (κ1) is 10.6. The van der Waals surface area contributed by atoms with Crippen LogP contribution in [-0.2, 0) is 6.54 Å². The standard InChI is InChI=1S/C13H12BrN3/c1-2-17-8-15-7-13(17)11-6-16-12-4-3-9(14)5-10(11)12/h3-8,16H,2H2,1H3. The smallest absolute Gasteiger partial charge is 0.0950 e. The van der Waals surface area contributed by atoms with Gasteiger partial charge in [0.05, 0.1) is 18.2 Å². The van der Waals surface area contributed by atoms with Gasteiger partial charge in [0.15, 0.2) is 0 Å². The van der Waals surface area contributed by atoms with Gasteiger partial charge < -0.3 is 9.55 Å². The molecule has 0 bridgehead atoms. The van der Waals surface area contributed by atoms with Crippen molar-refractivity contribution in [3.63, 3.8) is 0 Å². The number of halogens is 1. The number of aromatic amines is 1. The zero-order valence-electron chi connectivity index (χ0n) is 9.44. The highest BCUT2D eigenvalue weighted by Crippen LogP contribution is 2.30. The molecule has 86 valence electrons. The van der Waals surface area contributed by atoms with E-state index in [1.54, 1.807) is 0 Å². The molecule has 2 aromatic heterocycles. The van der Waals surface area contributed by atoms with Gasteiger partial charge in [-0.3, -0.25) is 0 Å². The highest BCUT2D eigenvalue weighted by Gasteiger charge is 2.10. The molecule has 0 saturated heterocycles. The minimum atomic E-state index is 0.927. The molecule has 3 nitrogen and oxygen atoms in total. The number of aryl methyl sites for hydroxylation is 1. The lowest BCUT2D eigenvalue weighted by atomic mass is 10.1. The number of benzene rings is 1. The van der Waals surface area contributed by atoms with E-state index in [-0.39, 0.29) is 0 Å². The van der Waals surface area contributed by atoms with Crippen molar-refractivity contribution in [3.05, 3.63) is 41.4 Å². The lowest BCUT2D eigenvalue weighted by Gasteiger charge is -2.03. The number of H-pyrrole nitrogens is 1. The van der Waals surface area contributed by atoms with Gasteiger partial charge in [0, 0.05) is 33.7 Å². The van der Waals surface area contributed by atoms with Crippen molar-refractivity contribution < 1.29 is 0 Å². The van der Waals surface area contributed by atoms with Crippen molar-refractivity contribution in [1.82, 2.24) is 14.5 Å². The zero-order valence-corrected chi connectivity index (χ0v) is 11.0. The molecule has 0 spiro atoms. The summed E-state index contributed by atoms with van der Waals surface area (Å²) < 4.78 is 3.23. The third-order valence-corrected chi connectivity index (χ3v) is 3.47. The molecule has 1 N–H and O–H groups in total. The van der Waals surface area contributed by atoms with E-state index >= 15 is 0 Å². The van der Waals surface area contributed by atoms with E-state index < -0.39 is 0 Å². The van der Waals surface area contributed by atoms with Crippen LogP contribution in [0.3, 0.4) is 0 Å². The van der Waals surface area contributed by atoms with Gasteiger partial charge in [-0.15, -0.1) is 0 Å². The monoisotopic (exact) mass is 289 g/mol. The fourth-order valence-corrected chi connectivity index (χ4v) is 2.46. The van der Waals surface area contributed by atoms with Crippen LogP contribution in [0.15, 0.2) is 41.4 Å². The molecule has 0 atom stereocenters. The molecule has 3 aromatic rings. The van der Waals surface area contributed by atoms with Gasteiger partial charge >= 0.3 is 0 Å². The van der Waals surface area contributed by atoms with Crippen LogP contribution in [0.25, 0.3) is 22.2 Å². The normalized spacial score (nSPS) is 11.2. The summed E-state index contributed by atoms with van der Waals surface area (Å²) in [7, 11) is 0. The summed E-state index contributed by atoms with van der Waals surface area (Å²) in [5, 5.41) is 1.22. The summed E-state index contributed by atoms with van der Waals surface area (Å²) in [6, 6.07) is 6.25. The van der Waals surface area contributed by atoms with Gasteiger partial charge in [-0.1, -0.05) is 15.9 Å². The Morgan fingerprint density at radius 1 is 1.41 bits per heavy atom. The van der Waals surface area contributed by atoms with E-state index in [4.69, 9.17) is 0 Å². The van der Waals surface area contributed by atoms with Crippen molar-refractivity contribution >= 4 is 26.8 Å². The average molecular weight is 290 g/mol. The van der Waals surface area contributed by atoms with Crippen LogP contribution >= 0.6 is 15.9 Å². The topological polar surface area (TPSA) is 33.6 Å². The molecule has 0 fully saturated rings. The van der Waals surface area contributed by atoms with Crippen LogP contribution in [0.2, 0.25) is 0 Å². The third kappa shape index (κ3) is 1.69. The Labute approximate surface area is 108 Å². The number of rotatable bonds is 2. The van der Waals surface area contributed by atoms with Gasteiger partial charge in [-0.25, -0.2) is 4.98 Å². The Hall–Kier alpha value is -1.55. The predicted molar refractivity (Wildman–Crippen MR) is 72.9 cm³/mol. The molecule has 1 aromatic carbocycles. The first-order valence-corrected chi connectivity index (χ1v) is 6.36. The van der Waals surface area contributed by atoms with Crippen molar-refractivity contribution in [3.8, 4) is 11.3 Å². The second kappa shape index (κ2) is 4.04. The third-order valence-electron chi connectivity index (χ3n) is 2.97. The van der Waals surface area contributed by atoms with E-state index in [2.05, 4.69) is 49.5 Å². The minimum absolute atomic E-state index is 0.927. The number of nitrogens with zero attached hydrogens (tertiary/aromatic N) is 2. The van der Waals surface area contributed by atoms with Crippen molar-refractivity contribution in [1.29, 1.82) is 0 Å². The number of fused-ring (bicyclic) bond motifs is 1. The molecule has 4 heteroatoms. The SMILES string of the molecule is CCn1cncc1-c1c[nH]c2ccc(Br)cc12. The highest BCUT2D eigenvalue weighted by atomic mass is 79.9. The van der Waals surface area contributed by atoms with Crippen molar-refractivity contribution in [2.45, 2.75) is 13.5 Å². The number of hydrogen-bond donors (Lipinski definition) is 1. The van der Waals surface area contributed by atoms with E-state index in [1.807, 2.05) is 24.8 Å². The Kier molecular flexibility index (Phi) is 2.52. The first-order chi connectivity index (χ1) is 8.29. The molecule has 0 aliphatic heterocycles. The molecule has 0 aliphatic rings. The molecule has 3 rings (SSSR count). The summed E-state index contributed by atoms with van der Waals surface area (Å²) in [5.74, 6) is 0. The second-order valence-corrected chi connectivity index (χ2v) is 4.87. The van der Waals surface area contributed by atoms with Gasteiger partial charge in [-0.05, 0) is 25.1 Å². The molecular weight excluding hydrogens is 278 g/mol. The molecule has 0 saturated carbocycles. The minimum Gasteiger partial charge on any atom is -0.360 e. The van der Waals surface area contributed by atoms with E-state index in [1.165, 1.54) is 10.9 Å². The highest BCUT2D eigenvalue weighted by molar-refractivity contribution is 9.10. The summed E-state index contributed by atoms with van der Waals surface area (Å²) >= 11 is 3.51. The van der Waals surface area contributed by atoms with Crippen LogP contribution < -0.4 is 0 Å². The number of aromatic nitrogens is 3. The van der Waals surface area contributed by atoms with Crippen molar-refractivity contribution in [2.24, 2.45) is 0 Å². The number of hydrogen-bond acceptors (Lipinski definition) is 1. The molecule has 17 heavy (non-hydrogen) atoms. The number of imidazole rings is 1. The fraction of sp³-hybridized carbons (Fsp3) is 0.154. The van der Waals surface area contributed by atoms with E-state index in [0.29, 0.717) is 0 Å². The molecule has 0 unspecified atom stereocenters. The van der Waals surface area contributed by atoms with Crippen molar-refractivity contribution in [2.75, 3.05) is 0 Å². The molecule has 2 heterocycles. The maximum Gasteiger partial charge on any atom is 0.0950 e. The Morgan fingerprint density at radius 2 is 2.29 bits per heavy atom. The Balaban J connectivity index is 2.27. The first-order valence-electron chi connectivity index (χ1n) is 5.56. The largest absolute Gasteiger partial charge is 0.360 e. The summed E-state index contributed by atoms with van der Waals surface area (Å²) in [4.78, 5) is 7.51. The lowest BCUT2D eigenvalue weighted by molar-refractivity contribution is 0.769. The Bertz CT molecular complexity index is 666. The predicted octanol–water partition coefficient (Wildman–Crippen LogP) is 3.81.